The first-order valence-corrected chi connectivity index (χ1v) is 7.43. The molecular weight excluding hydrogens is 292 g/mol. The van der Waals surface area contributed by atoms with Crippen LogP contribution in [0.15, 0.2) is 22.8 Å². The maximum absolute atomic E-state index is 12.5. The van der Waals surface area contributed by atoms with Gasteiger partial charge in [0, 0.05) is 13.1 Å². The van der Waals surface area contributed by atoms with Crippen molar-refractivity contribution in [1.82, 2.24) is 9.88 Å². The number of aromatic nitrogens is 1. The van der Waals surface area contributed by atoms with Crippen LogP contribution in [0.2, 0.25) is 0 Å². The summed E-state index contributed by atoms with van der Waals surface area (Å²) in [6.45, 7) is 1.84. The number of nitrogens with zero attached hydrogens (tertiary/aromatic N) is 2. The number of amides is 1. The first-order valence-electron chi connectivity index (χ1n) is 6.64. The molecule has 3 rings (SSSR count). The van der Waals surface area contributed by atoms with E-state index in [2.05, 4.69) is 20.9 Å². The highest BCUT2D eigenvalue weighted by molar-refractivity contribution is 9.10. The maximum Gasteiger partial charge on any atom is 0.272 e. The molecule has 96 valence electrons. The lowest BCUT2D eigenvalue weighted by Gasteiger charge is -2.22. The average Bonchev–Trinajstić information content (AvgIpc) is 3.22. The van der Waals surface area contributed by atoms with Crippen LogP contribution in [0.3, 0.4) is 0 Å². The molecule has 0 spiro atoms. The quantitative estimate of drug-likeness (QED) is 0.783. The minimum absolute atomic E-state index is 0.0927. The van der Waals surface area contributed by atoms with Crippen LogP contribution in [-0.4, -0.2) is 28.9 Å². The molecule has 1 aromatic heterocycles. The van der Waals surface area contributed by atoms with Gasteiger partial charge in [0.05, 0.1) is 0 Å². The highest BCUT2D eigenvalue weighted by Crippen LogP contribution is 2.34. The summed E-state index contributed by atoms with van der Waals surface area (Å²) in [6, 6.07) is 5.53. The summed E-state index contributed by atoms with van der Waals surface area (Å²) in [4.78, 5) is 18.8. The summed E-state index contributed by atoms with van der Waals surface area (Å²) in [7, 11) is 0. The molecule has 0 aromatic carbocycles. The molecule has 0 bridgehead atoms. The van der Waals surface area contributed by atoms with E-state index in [4.69, 9.17) is 0 Å². The number of pyridine rings is 1. The molecule has 3 nitrogen and oxygen atoms in total. The van der Waals surface area contributed by atoms with Crippen molar-refractivity contribution in [3.8, 4) is 0 Å². The topological polar surface area (TPSA) is 33.2 Å². The van der Waals surface area contributed by atoms with Gasteiger partial charge in [0.1, 0.15) is 10.3 Å². The number of carbonyl (C=O) groups excluding carboxylic acids is 1. The van der Waals surface area contributed by atoms with Crippen molar-refractivity contribution in [3.63, 3.8) is 0 Å². The predicted molar refractivity (Wildman–Crippen MR) is 73.3 cm³/mol. The van der Waals surface area contributed by atoms with Crippen LogP contribution in [0.25, 0.3) is 0 Å². The van der Waals surface area contributed by atoms with Gasteiger partial charge in [-0.1, -0.05) is 6.07 Å². The highest BCUT2D eigenvalue weighted by atomic mass is 79.9. The lowest BCUT2D eigenvalue weighted by Crippen LogP contribution is -2.35. The minimum Gasteiger partial charge on any atom is -0.337 e. The molecule has 0 unspecified atom stereocenters. The molecule has 2 saturated carbocycles. The molecule has 1 amide bonds. The Morgan fingerprint density at radius 3 is 2.33 bits per heavy atom. The van der Waals surface area contributed by atoms with E-state index in [1.54, 1.807) is 6.07 Å². The fraction of sp³-hybridized carbons (Fsp3) is 0.571. The standard InChI is InChI=1S/C14H17BrN2O/c15-13-3-1-2-12(16-13)14(18)17(8-10-4-5-10)9-11-6-7-11/h1-3,10-11H,4-9H2. The highest BCUT2D eigenvalue weighted by Gasteiger charge is 2.32. The van der Waals surface area contributed by atoms with E-state index >= 15 is 0 Å². The molecule has 2 aliphatic rings. The van der Waals surface area contributed by atoms with Gasteiger partial charge in [0.25, 0.3) is 5.91 Å². The molecule has 1 heterocycles. The van der Waals surface area contributed by atoms with Gasteiger partial charge in [-0.2, -0.15) is 0 Å². The second-order valence-electron chi connectivity index (χ2n) is 5.44. The molecule has 18 heavy (non-hydrogen) atoms. The summed E-state index contributed by atoms with van der Waals surface area (Å²) in [5, 5.41) is 0. The smallest absolute Gasteiger partial charge is 0.272 e. The van der Waals surface area contributed by atoms with Crippen LogP contribution >= 0.6 is 15.9 Å². The third kappa shape index (κ3) is 3.10. The molecule has 2 aliphatic carbocycles. The fourth-order valence-electron chi connectivity index (χ4n) is 2.15. The van der Waals surface area contributed by atoms with E-state index in [1.165, 1.54) is 25.7 Å². The van der Waals surface area contributed by atoms with Gasteiger partial charge in [-0.3, -0.25) is 4.79 Å². The van der Waals surface area contributed by atoms with E-state index in [0.29, 0.717) is 5.69 Å². The summed E-state index contributed by atoms with van der Waals surface area (Å²) < 4.78 is 0.728. The normalized spacial score (nSPS) is 18.7. The van der Waals surface area contributed by atoms with Gasteiger partial charge in [-0.15, -0.1) is 0 Å². The molecule has 0 N–H and O–H groups in total. The van der Waals surface area contributed by atoms with Gasteiger partial charge < -0.3 is 4.90 Å². The summed E-state index contributed by atoms with van der Waals surface area (Å²) >= 11 is 3.32. The molecule has 2 fully saturated rings. The van der Waals surface area contributed by atoms with E-state index < -0.39 is 0 Å². The number of hydrogen-bond donors (Lipinski definition) is 0. The summed E-state index contributed by atoms with van der Waals surface area (Å²) in [6.07, 6.45) is 5.11. The Labute approximate surface area is 116 Å². The van der Waals surface area contributed by atoms with Crippen molar-refractivity contribution in [3.05, 3.63) is 28.5 Å². The first-order chi connectivity index (χ1) is 8.72. The van der Waals surface area contributed by atoms with Crippen molar-refractivity contribution >= 4 is 21.8 Å². The third-order valence-electron chi connectivity index (χ3n) is 3.57. The Hall–Kier alpha value is -0.900. The molecule has 0 saturated heterocycles. The molecule has 0 atom stereocenters. The van der Waals surface area contributed by atoms with Crippen LogP contribution in [0.4, 0.5) is 0 Å². The Morgan fingerprint density at radius 2 is 1.83 bits per heavy atom. The van der Waals surface area contributed by atoms with Crippen molar-refractivity contribution in [1.29, 1.82) is 0 Å². The van der Waals surface area contributed by atoms with E-state index in [9.17, 15) is 4.79 Å². The summed E-state index contributed by atoms with van der Waals surface area (Å²) in [5.41, 5.74) is 0.561. The van der Waals surface area contributed by atoms with Crippen LogP contribution in [-0.2, 0) is 0 Å². The monoisotopic (exact) mass is 308 g/mol. The average molecular weight is 309 g/mol. The van der Waals surface area contributed by atoms with Crippen LogP contribution in [0.5, 0.6) is 0 Å². The van der Waals surface area contributed by atoms with Crippen molar-refractivity contribution in [2.45, 2.75) is 25.7 Å². The zero-order chi connectivity index (χ0) is 12.5. The molecule has 0 aliphatic heterocycles. The molecule has 0 radical (unpaired) electrons. The summed E-state index contributed by atoms with van der Waals surface area (Å²) in [5.74, 6) is 1.56. The fourth-order valence-corrected chi connectivity index (χ4v) is 2.50. The van der Waals surface area contributed by atoms with Gasteiger partial charge >= 0.3 is 0 Å². The molecular formula is C14H17BrN2O. The molecule has 1 aromatic rings. The number of carbonyl (C=O) groups is 1. The van der Waals surface area contributed by atoms with Crippen molar-refractivity contribution < 1.29 is 4.79 Å². The largest absolute Gasteiger partial charge is 0.337 e. The second-order valence-corrected chi connectivity index (χ2v) is 6.25. The van der Waals surface area contributed by atoms with Crippen LogP contribution in [0.1, 0.15) is 36.2 Å². The van der Waals surface area contributed by atoms with Crippen molar-refractivity contribution in [2.24, 2.45) is 11.8 Å². The van der Waals surface area contributed by atoms with Gasteiger partial charge in [0.2, 0.25) is 0 Å². The third-order valence-corrected chi connectivity index (χ3v) is 4.01. The van der Waals surface area contributed by atoms with Gasteiger partial charge in [-0.25, -0.2) is 4.98 Å². The number of rotatable bonds is 5. The second kappa shape index (κ2) is 5.00. The Bertz CT molecular complexity index is 441. The Morgan fingerprint density at radius 1 is 1.22 bits per heavy atom. The number of halogens is 1. The van der Waals surface area contributed by atoms with Crippen LogP contribution < -0.4 is 0 Å². The molecule has 4 heteroatoms. The predicted octanol–water partition coefficient (Wildman–Crippen LogP) is 3.11. The van der Waals surface area contributed by atoms with E-state index in [-0.39, 0.29) is 5.91 Å². The zero-order valence-electron chi connectivity index (χ0n) is 10.3. The minimum atomic E-state index is 0.0927. The van der Waals surface area contributed by atoms with Gasteiger partial charge in [-0.05, 0) is 65.6 Å². The number of hydrogen-bond acceptors (Lipinski definition) is 2. The SMILES string of the molecule is O=C(c1cccc(Br)n1)N(CC1CC1)CC1CC1. The van der Waals surface area contributed by atoms with Crippen molar-refractivity contribution in [2.75, 3.05) is 13.1 Å². The maximum atomic E-state index is 12.5. The lowest BCUT2D eigenvalue weighted by atomic mass is 10.2. The Kier molecular flexibility index (Phi) is 3.37. The van der Waals surface area contributed by atoms with Crippen LogP contribution in [0, 0.1) is 11.8 Å². The van der Waals surface area contributed by atoms with E-state index in [0.717, 1.165) is 29.5 Å². The Balaban J connectivity index is 1.72. The van der Waals surface area contributed by atoms with E-state index in [1.807, 2.05) is 17.0 Å². The zero-order valence-corrected chi connectivity index (χ0v) is 11.9. The first kappa shape index (κ1) is 12.2. The van der Waals surface area contributed by atoms with Gasteiger partial charge in [0.15, 0.2) is 0 Å². The lowest BCUT2D eigenvalue weighted by molar-refractivity contribution is 0.0733.